The molecule has 3 heterocycles. The number of nitriles is 1. The lowest BCUT2D eigenvalue weighted by Crippen LogP contribution is -2.35. The Kier molecular flexibility index (Phi) is 8.12. The Balaban J connectivity index is 0.000000229. The van der Waals surface area contributed by atoms with Gasteiger partial charge < -0.3 is 24.7 Å². The number of nitrogens with zero attached hydrogens (tertiary/aromatic N) is 3. The molecule has 0 bridgehead atoms. The Morgan fingerprint density at radius 3 is 2.47 bits per heavy atom. The molecule has 0 amide bonds. The van der Waals surface area contributed by atoms with E-state index in [1.54, 1.807) is 12.5 Å². The van der Waals surface area contributed by atoms with Gasteiger partial charge in [-0.3, -0.25) is 0 Å². The topological polar surface area (TPSA) is 86.2 Å². The van der Waals surface area contributed by atoms with Gasteiger partial charge in [-0.25, -0.2) is 4.98 Å². The van der Waals surface area contributed by atoms with E-state index in [9.17, 15) is 5.26 Å². The van der Waals surface area contributed by atoms with Crippen LogP contribution in [0.5, 0.6) is 11.5 Å². The molecule has 0 radical (unpaired) electrons. The van der Waals surface area contributed by atoms with Gasteiger partial charge in [-0.1, -0.05) is 39.1 Å². The summed E-state index contributed by atoms with van der Waals surface area (Å²) in [4.78, 5) is 9.01. The molecule has 2 aliphatic rings. The molecule has 7 heteroatoms. The summed E-state index contributed by atoms with van der Waals surface area (Å²) in [6, 6.07) is 17.7. The Morgan fingerprint density at radius 2 is 1.73 bits per heavy atom. The molecule has 0 saturated heterocycles. The third-order valence-electron chi connectivity index (χ3n) is 4.57. The van der Waals surface area contributed by atoms with Gasteiger partial charge in [0.15, 0.2) is 6.04 Å². The molecule has 2 aliphatic heterocycles. The van der Waals surface area contributed by atoms with E-state index in [4.69, 9.17) is 9.47 Å². The molecule has 0 aliphatic carbocycles. The van der Waals surface area contributed by atoms with Gasteiger partial charge in [0.05, 0.1) is 42.2 Å². The van der Waals surface area contributed by atoms with Crippen molar-refractivity contribution >= 4 is 11.4 Å². The van der Waals surface area contributed by atoms with Gasteiger partial charge in [-0.05, 0) is 24.3 Å². The third-order valence-corrected chi connectivity index (χ3v) is 4.57. The molecule has 3 aromatic rings. The van der Waals surface area contributed by atoms with Gasteiger partial charge in [0, 0.05) is 6.54 Å². The maximum atomic E-state index is 9.40. The second-order valence-electron chi connectivity index (χ2n) is 6.32. The fourth-order valence-corrected chi connectivity index (χ4v) is 3.27. The van der Waals surface area contributed by atoms with E-state index in [1.807, 2.05) is 53.4 Å². The molecule has 158 valence electrons. The number of nitrogens with one attached hydrogen (secondary N) is 2. The first-order valence-corrected chi connectivity index (χ1v) is 9.19. The van der Waals surface area contributed by atoms with Gasteiger partial charge in [0.2, 0.25) is 0 Å². The average Bonchev–Trinajstić information content (AvgIpc) is 3.30. The first kappa shape index (κ1) is 22.6. The van der Waals surface area contributed by atoms with Crippen molar-refractivity contribution in [3.05, 3.63) is 66.7 Å². The fourth-order valence-electron chi connectivity index (χ4n) is 3.27. The summed E-state index contributed by atoms with van der Waals surface area (Å²) in [6.45, 7) is 2.96. The van der Waals surface area contributed by atoms with Crippen LogP contribution in [0, 0.1) is 11.3 Å². The molecule has 30 heavy (non-hydrogen) atoms. The first-order chi connectivity index (χ1) is 13.9. The Bertz CT molecular complexity index is 927. The van der Waals surface area contributed by atoms with E-state index in [0.29, 0.717) is 13.2 Å². The van der Waals surface area contributed by atoms with Crippen LogP contribution in [0.25, 0.3) is 0 Å². The smallest absolute Gasteiger partial charge is 0.159 e. The lowest BCUT2D eigenvalue weighted by molar-refractivity contribution is 0.304. The number of imidazole rings is 1. The third kappa shape index (κ3) is 4.84. The summed E-state index contributed by atoms with van der Waals surface area (Å²) < 4.78 is 10.9. The highest BCUT2D eigenvalue weighted by molar-refractivity contribution is 5.61. The number of hydrogen-bond acceptors (Lipinski definition) is 6. The maximum absolute atomic E-state index is 9.40. The van der Waals surface area contributed by atoms with Crippen molar-refractivity contribution in [2.75, 3.05) is 36.5 Å². The molecule has 2 aromatic carbocycles. The van der Waals surface area contributed by atoms with Crippen molar-refractivity contribution in [2.45, 2.75) is 20.9 Å². The second kappa shape index (κ2) is 10.8. The molecule has 0 fully saturated rings. The van der Waals surface area contributed by atoms with E-state index in [1.165, 1.54) is 0 Å². The molecule has 1 aromatic heterocycles. The van der Waals surface area contributed by atoms with Crippen LogP contribution in [-0.2, 0) is 0 Å². The van der Waals surface area contributed by atoms with Crippen molar-refractivity contribution < 1.29 is 9.47 Å². The molecule has 7 nitrogen and oxygen atoms in total. The highest BCUT2D eigenvalue weighted by atomic mass is 16.5. The number of H-pyrrole nitrogens is 1. The van der Waals surface area contributed by atoms with Crippen molar-refractivity contribution in [3.8, 4) is 17.6 Å². The monoisotopic (exact) mass is 407 g/mol. The number of aromatic nitrogens is 2. The number of rotatable bonds is 2. The average molecular weight is 408 g/mol. The van der Waals surface area contributed by atoms with Gasteiger partial charge in [-0.2, -0.15) is 5.26 Å². The zero-order valence-corrected chi connectivity index (χ0v) is 15.3. The van der Waals surface area contributed by atoms with E-state index in [-0.39, 0.29) is 20.9 Å². The van der Waals surface area contributed by atoms with E-state index < -0.39 is 0 Å². The van der Waals surface area contributed by atoms with Crippen LogP contribution in [-0.4, -0.2) is 36.3 Å². The zero-order chi connectivity index (χ0) is 19.2. The Morgan fingerprint density at radius 1 is 1.00 bits per heavy atom. The van der Waals surface area contributed by atoms with Crippen LogP contribution in [0.15, 0.2) is 61.1 Å². The lowest BCUT2D eigenvalue weighted by atomic mass is 10.1. The van der Waals surface area contributed by atoms with Crippen molar-refractivity contribution in [2.24, 2.45) is 0 Å². The molecule has 0 spiro atoms. The minimum atomic E-state index is -0.363. The molecular formula is C23H29N5O2. The normalized spacial score (nSPS) is 14.2. The molecule has 0 saturated carbocycles. The summed E-state index contributed by atoms with van der Waals surface area (Å²) in [7, 11) is 0. The number of para-hydroxylation sites is 4. The van der Waals surface area contributed by atoms with Crippen LogP contribution in [0.3, 0.4) is 0 Å². The number of ether oxygens (including phenoxy) is 2. The minimum absolute atomic E-state index is 0. The van der Waals surface area contributed by atoms with Gasteiger partial charge >= 0.3 is 0 Å². The highest BCUT2D eigenvalue weighted by Crippen LogP contribution is 2.35. The Hall–Kier alpha value is -3.66. The van der Waals surface area contributed by atoms with Gasteiger partial charge in [-0.15, -0.1) is 0 Å². The SMILES string of the molecule is C.C.N#CC(c1cnc[nH]1)N1CCOc2ccccc21.c1ccc2c(c1)NCCO2. The molecule has 2 N–H and O–H groups in total. The summed E-state index contributed by atoms with van der Waals surface area (Å²) in [6.07, 6.45) is 3.28. The number of aromatic amines is 1. The number of fused-ring (bicyclic) bond motifs is 2. The number of hydrogen-bond donors (Lipinski definition) is 2. The Labute approximate surface area is 178 Å². The lowest BCUT2D eigenvalue weighted by Gasteiger charge is -2.33. The predicted octanol–water partition coefficient (Wildman–Crippen LogP) is 4.64. The van der Waals surface area contributed by atoms with Crippen LogP contribution in [0.2, 0.25) is 0 Å². The van der Waals surface area contributed by atoms with Crippen LogP contribution in [0.4, 0.5) is 11.4 Å². The van der Waals surface area contributed by atoms with E-state index >= 15 is 0 Å². The van der Waals surface area contributed by atoms with Crippen LogP contribution < -0.4 is 19.7 Å². The number of anilines is 2. The summed E-state index contributed by atoms with van der Waals surface area (Å²) in [5.74, 6) is 1.79. The minimum Gasteiger partial charge on any atom is -0.490 e. The largest absolute Gasteiger partial charge is 0.490 e. The molecular weight excluding hydrogens is 378 g/mol. The maximum Gasteiger partial charge on any atom is 0.159 e. The summed E-state index contributed by atoms with van der Waals surface area (Å²) in [5, 5.41) is 12.6. The molecule has 5 rings (SSSR count). The fraction of sp³-hybridized carbons (Fsp3) is 0.304. The molecule has 1 atom stereocenters. The van der Waals surface area contributed by atoms with Crippen LogP contribution in [0.1, 0.15) is 26.6 Å². The summed E-state index contributed by atoms with van der Waals surface area (Å²) >= 11 is 0. The number of benzene rings is 2. The van der Waals surface area contributed by atoms with Gasteiger partial charge in [0.1, 0.15) is 24.7 Å². The second-order valence-corrected chi connectivity index (χ2v) is 6.32. The standard InChI is InChI=1S/C13H12N4O.C8H9NO.2CH4/c14-7-12(10-8-15-9-16-10)17-5-6-18-13-4-2-1-3-11(13)17;1-2-4-8-7(3-1)9-5-6-10-8;;/h1-4,8-9,12H,5-6H2,(H,15,16);1-4,9H,5-6H2;2*1H4. The predicted molar refractivity (Wildman–Crippen MR) is 120 cm³/mol. The zero-order valence-electron chi connectivity index (χ0n) is 15.3. The van der Waals surface area contributed by atoms with Crippen molar-refractivity contribution in [3.63, 3.8) is 0 Å². The van der Waals surface area contributed by atoms with Crippen molar-refractivity contribution in [1.29, 1.82) is 5.26 Å². The van der Waals surface area contributed by atoms with Crippen molar-refractivity contribution in [1.82, 2.24) is 9.97 Å². The van der Waals surface area contributed by atoms with Gasteiger partial charge in [0.25, 0.3) is 0 Å². The molecule has 1 unspecified atom stereocenters. The quantitative estimate of drug-likeness (QED) is 0.644. The highest BCUT2D eigenvalue weighted by Gasteiger charge is 2.26. The first-order valence-electron chi connectivity index (χ1n) is 9.19. The van der Waals surface area contributed by atoms with E-state index in [0.717, 1.165) is 41.7 Å². The van der Waals surface area contributed by atoms with Crippen LogP contribution >= 0.6 is 0 Å². The summed E-state index contributed by atoms with van der Waals surface area (Å²) in [5.41, 5.74) is 2.85. The van der Waals surface area contributed by atoms with E-state index in [2.05, 4.69) is 21.4 Å².